The average molecular weight is 613 g/mol. The van der Waals surface area contributed by atoms with Crippen molar-refractivity contribution in [1.29, 1.82) is 0 Å². The molecule has 0 unspecified atom stereocenters. The van der Waals surface area contributed by atoms with E-state index in [4.69, 9.17) is 9.47 Å². The number of ether oxygens (including phenoxy) is 2. The monoisotopic (exact) mass is 612 g/mol. The van der Waals surface area contributed by atoms with Crippen molar-refractivity contribution < 1.29 is 23.5 Å². The first-order chi connectivity index (χ1) is 18.8. The van der Waals surface area contributed by atoms with Crippen molar-refractivity contribution in [3.63, 3.8) is 0 Å². The average Bonchev–Trinajstić information content (AvgIpc) is 2.88. The summed E-state index contributed by atoms with van der Waals surface area (Å²) in [6.45, 7) is 6.00. The molecular formula is C28H26BrFN4O6. The van der Waals surface area contributed by atoms with Crippen LogP contribution in [0.15, 0.2) is 56.7 Å². The Bertz CT molecular complexity index is 1750. The number of aryl methyl sites for hydroxylation is 1. The van der Waals surface area contributed by atoms with E-state index in [1.165, 1.54) is 25.4 Å². The SMILES string of the molecule is CC(=O)OCC(=O)OCc1c(-c2cc(Br)c(=O)n(C)n2)cccc1-n1ncc2cc(C(C)(C)C)cc(F)c2c1=O. The fraction of sp³-hybridized carbons (Fsp3) is 0.286. The van der Waals surface area contributed by atoms with Crippen LogP contribution in [0.3, 0.4) is 0 Å². The van der Waals surface area contributed by atoms with Crippen LogP contribution in [-0.2, 0) is 38.1 Å². The lowest BCUT2D eigenvalue weighted by Gasteiger charge is -2.20. The Morgan fingerprint density at radius 2 is 1.80 bits per heavy atom. The van der Waals surface area contributed by atoms with E-state index in [2.05, 4.69) is 26.1 Å². The second-order valence-electron chi connectivity index (χ2n) is 10.1. The molecule has 0 radical (unpaired) electrons. The van der Waals surface area contributed by atoms with Gasteiger partial charge in [0.25, 0.3) is 11.1 Å². The molecule has 0 atom stereocenters. The number of aromatic nitrogens is 4. The van der Waals surface area contributed by atoms with Crippen LogP contribution >= 0.6 is 15.9 Å². The maximum Gasteiger partial charge on any atom is 0.344 e. The number of halogens is 2. The standard InChI is InChI=1S/C28H26BrFN4O6/c1-15(35)39-14-24(36)40-13-19-18(22-11-20(29)26(37)33(5)32-22)7-6-8-23(19)34-27(38)25-16(12-31-34)9-17(10-21(25)30)28(2,3)4/h6-12H,13-14H2,1-5H3. The smallest absolute Gasteiger partial charge is 0.344 e. The fourth-order valence-electron chi connectivity index (χ4n) is 4.06. The first kappa shape index (κ1) is 28.8. The van der Waals surface area contributed by atoms with Gasteiger partial charge < -0.3 is 9.47 Å². The predicted molar refractivity (Wildman–Crippen MR) is 149 cm³/mol. The number of hydrogen-bond acceptors (Lipinski definition) is 8. The molecule has 12 heteroatoms. The summed E-state index contributed by atoms with van der Waals surface area (Å²) in [5.41, 5.74) is 0.543. The summed E-state index contributed by atoms with van der Waals surface area (Å²) in [6, 6.07) is 9.44. The van der Waals surface area contributed by atoms with Crippen LogP contribution in [0.1, 0.15) is 38.8 Å². The maximum atomic E-state index is 15.3. The zero-order valence-corrected chi connectivity index (χ0v) is 24.0. The van der Waals surface area contributed by atoms with E-state index in [0.717, 1.165) is 16.3 Å². The highest BCUT2D eigenvalue weighted by molar-refractivity contribution is 9.10. The van der Waals surface area contributed by atoms with Crippen molar-refractivity contribution in [2.24, 2.45) is 7.05 Å². The molecule has 208 valence electrons. The summed E-state index contributed by atoms with van der Waals surface area (Å²) in [6.07, 6.45) is 1.40. The Hall–Kier alpha value is -4.19. The quantitative estimate of drug-likeness (QED) is 0.300. The molecule has 0 bridgehead atoms. The number of benzene rings is 2. The highest BCUT2D eigenvalue weighted by Crippen LogP contribution is 2.30. The zero-order chi connectivity index (χ0) is 29.4. The van der Waals surface area contributed by atoms with Gasteiger partial charge in [0, 0.05) is 30.5 Å². The second-order valence-corrected chi connectivity index (χ2v) is 10.9. The van der Waals surface area contributed by atoms with Crippen molar-refractivity contribution in [3.8, 4) is 16.9 Å². The lowest BCUT2D eigenvalue weighted by Crippen LogP contribution is -2.25. The van der Waals surface area contributed by atoms with Crippen LogP contribution in [0.5, 0.6) is 0 Å². The fourth-order valence-corrected chi connectivity index (χ4v) is 4.54. The van der Waals surface area contributed by atoms with E-state index in [1.54, 1.807) is 24.3 Å². The Labute approximate surface area is 236 Å². The van der Waals surface area contributed by atoms with E-state index >= 15 is 4.39 Å². The first-order valence-corrected chi connectivity index (χ1v) is 12.9. The minimum Gasteiger partial charge on any atom is -0.458 e. The van der Waals surface area contributed by atoms with E-state index < -0.39 is 29.9 Å². The van der Waals surface area contributed by atoms with Crippen LogP contribution in [0, 0.1) is 5.82 Å². The van der Waals surface area contributed by atoms with Crippen molar-refractivity contribution in [2.75, 3.05) is 6.61 Å². The van der Waals surface area contributed by atoms with E-state index in [0.29, 0.717) is 27.8 Å². The molecule has 4 aromatic rings. The summed E-state index contributed by atoms with van der Waals surface area (Å²) < 4.78 is 27.8. The number of hydrogen-bond donors (Lipinski definition) is 0. The molecule has 0 spiro atoms. The number of rotatable bonds is 6. The van der Waals surface area contributed by atoms with Crippen LogP contribution < -0.4 is 11.1 Å². The van der Waals surface area contributed by atoms with Gasteiger partial charge >= 0.3 is 11.9 Å². The molecule has 0 amide bonds. The van der Waals surface area contributed by atoms with Crippen molar-refractivity contribution >= 4 is 38.6 Å². The molecule has 0 saturated heterocycles. The molecule has 2 aromatic heterocycles. The van der Waals surface area contributed by atoms with Crippen molar-refractivity contribution in [3.05, 3.63) is 84.7 Å². The molecule has 0 fully saturated rings. The number of carbonyl (C=O) groups is 2. The molecule has 4 rings (SSSR count). The molecule has 0 aliphatic carbocycles. The Balaban J connectivity index is 1.91. The molecule has 0 aliphatic rings. The molecule has 40 heavy (non-hydrogen) atoms. The van der Waals surface area contributed by atoms with Crippen LogP contribution in [-0.4, -0.2) is 38.1 Å². The lowest BCUT2D eigenvalue weighted by atomic mass is 9.86. The first-order valence-electron chi connectivity index (χ1n) is 12.2. The molecule has 2 aromatic carbocycles. The van der Waals surface area contributed by atoms with Gasteiger partial charge in [0.1, 0.15) is 12.4 Å². The Kier molecular flexibility index (Phi) is 8.01. The minimum atomic E-state index is -0.829. The lowest BCUT2D eigenvalue weighted by molar-refractivity contribution is -0.158. The highest BCUT2D eigenvalue weighted by Gasteiger charge is 2.22. The topological polar surface area (TPSA) is 122 Å². The number of fused-ring (bicyclic) bond motifs is 1. The van der Waals surface area contributed by atoms with Gasteiger partial charge in [-0.2, -0.15) is 14.9 Å². The normalized spacial score (nSPS) is 11.5. The summed E-state index contributed by atoms with van der Waals surface area (Å²) >= 11 is 3.23. The van der Waals surface area contributed by atoms with E-state index in [1.807, 2.05) is 20.8 Å². The third-order valence-corrected chi connectivity index (χ3v) is 6.72. The van der Waals surface area contributed by atoms with Crippen LogP contribution in [0.25, 0.3) is 27.7 Å². The summed E-state index contributed by atoms with van der Waals surface area (Å²) in [5.74, 6) is -2.16. The summed E-state index contributed by atoms with van der Waals surface area (Å²) in [4.78, 5) is 49.2. The number of carbonyl (C=O) groups excluding carboxylic acids is 2. The van der Waals surface area contributed by atoms with Gasteiger partial charge in [0.05, 0.1) is 27.4 Å². The van der Waals surface area contributed by atoms with Crippen molar-refractivity contribution in [2.45, 2.75) is 39.7 Å². The van der Waals surface area contributed by atoms with Crippen LogP contribution in [0.2, 0.25) is 0 Å². The molecular weight excluding hydrogens is 587 g/mol. The molecule has 0 N–H and O–H groups in total. The van der Waals surface area contributed by atoms with Crippen LogP contribution in [0.4, 0.5) is 4.39 Å². The number of esters is 2. The van der Waals surface area contributed by atoms with E-state index in [-0.39, 0.29) is 33.1 Å². The summed E-state index contributed by atoms with van der Waals surface area (Å²) in [5, 5.41) is 8.82. The molecule has 0 aliphatic heterocycles. The third-order valence-electron chi connectivity index (χ3n) is 6.15. The van der Waals surface area contributed by atoms with Gasteiger partial charge in [0.2, 0.25) is 0 Å². The highest BCUT2D eigenvalue weighted by atomic mass is 79.9. The van der Waals surface area contributed by atoms with Gasteiger partial charge in [-0.05, 0) is 51.2 Å². The van der Waals surface area contributed by atoms with Gasteiger partial charge in [-0.3, -0.25) is 14.4 Å². The molecule has 2 heterocycles. The van der Waals surface area contributed by atoms with Gasteiger partial charge in [-0.1, -0.05) is 32.9 Å². The molecule has 0 saturated carbocycles. The Morgan fingerprint density at radius 3 is 2.45 bits per heavy atom. The van der Waals surface area contributed by atoms with Gasteiger partial charge in [0.15, 0.2) is 6.61 Å². The molecule has 10 nitrogen and oxygen atoms in total. The Morgan fingerprint density at radius 1 is 1.07 bits per heavy atom. The second kappa shape index (κ2) is 11.1. The predicted octanol–water partition coefficient (Wildman–Crippen LogP) is 3.95. The van der Waals surface area contributed by atoms with Crippen molar-refractivity contribution in [1.82, 2.24) is 19.6 Å². The van der Waals surface area contributed by atoms with E-state index in [9.17, 15) is 19.2 Å². The number of nitrogens with zero attached hydrogens (tertiary/aromatic N) is 4. The van der Waals surface area contributed by atoms with Gasteiger partial charge in [-0.15, -0.1) is 0 Å². The maximum absolute atomic E-state index is 15.3. The largest absolute Gasteiger partial charge is 0.458 e. The third kappa shape index (κ3) is 5.86. The minimum absolute atomic E-state index is 0.144. The van der Waals surface area contributed by atoms with Gasteiger partial charge in [-0.25, -0.2) is 13.9 Å². The summed E-state index contributed by atoms with van der Waals surface area (Å²) in [7, 11) is 1.48. The zero-order valence-electron chi connectivity index (χ0n) is 22.4.